The molecule has 0 saturated heterocycles. The number of primary amides is 1. The van der Waals surface area contributed by atoms with Gasteiger partial charge in [-0.2, -0.15) is 0 Å². The van der Waals surface area contributed by atoms with Crippen molar-refractivity contribution in [2.75, 3.05) is 0 Å². The van der Waals surface area contributed by atoms with Crippen LogP contribution in [-0.2, 0) is 28.8 Å². The van der Waals surface area contributed by atoms with Gasteiger partial charge < -0.3 is 11.5 Å². The SMILES string of the molecule is N[CH-]Cc1ccc(C(N)=O)s1.[Au+]. The van der Waals surface area contributed by atoms with Gasteiger partial charge in [-0.3, -0.25) is 11.3 Å². The van der Waals surface area contributed by atoms with Crippen molar-refractivity contribution in [3.63, 3.8) is 0 Å². The van der Waals surface area contributed by atoms with E-state index >= 15 is 0 Å². The molecule has 3 nitrogen and oxygen atoms in total. The second kappa shape index (κ2) is 5.50. The Kier molecular flexibility index (Phi) is 5.45. The molecule has 5 heteroatoms. The number of hydrogen-bond donors (Lipinski definition) is 2. The van der Waals surface area contributed by atoms with Gasteiger partial charge in [-0.25, -0.2) is 0 Å². The van der Waals surface area contributed by atoms with E-state index in [0.29, 0.717) is 11.3 Å². The second-order valence-electron chi connectivity index (χ2n) is 2.07. The van der Waals surface area contributed by atoms with E-state index in [0.717, 1.165) is 4.88 Å². The van der Waals surface area contributed by atoms with Crippen LogP contribution in [0.4, 0.5) is 0 Å². The van der Waals surface area contributed by atoms with Gasteiger partial charge in [-0.15, -0.1) is 17.8 Å². The molecular formula is C7H9AuN2OS. The molecule has 1 rings (SSSR count). The van der Waals surface area contributed by atoms with Crippen LogP contribution in [0, 0.1) is 6.54 Å². The van der Waals surface area contributed by atoms with E-state index in [-0.39, 0.29) is 28.3 Å². The Morgan fingerprint density at radius 3 is 2.67 bits per heavy atom. The molecule has 0 spiro atoms. The molecule has 1 aromatic heterocycles. The normalized spacial score (nSPS) is 9.08. The van der Waals surface area contributed by atoms with Crippen molar-refractivity contribution in [3.05, 3.63) is 28.4 Å². The fourth-order valence-corrected chi connectivity index (χ4v) is 1.57. The fourth-order valence-electron chi connectivity index (χ4n) is 0.736. The Bertz CT molecular complexity index is 262. The molecule has 1 amide bonds. The van der Waals surface area contributed by atoms with Crippen molar-refractivity contribution < 1.29 is 27.2 Å². The molecule has 0 aliphatic carbocycles. The first-order valence-electron chi connectivity index (χ1n) is 3.16. The van der Waals surface area contributed by atoms with Crippen molar-refractivity contribution in [1.29, 1.82) is 0 Å². The third kappa shape index (κ3) is 3.08. The molecule has 0 aliphatic heterocycles. The first-order valence-corrected chi connectivity index (χ1v) is 3.97. The Morgan fingerprint density at radius 2 is 2.25 bits per heavy atom. The molecule has 0 aliphatic rings. The van der Waals surface area contributed by atoms with Crippen LogP contribution in [0.1, 0.15) is 14.5 Å². The molecule has 1 aromatic rings. The molecule has 0 bridgehead atoms. The summed E-state index contributed by atoms with van der Waals surface area (Å²) in [4.78, 5) is 12.3. The number of carbonyl (C=O) groups excluding carboxylic acids is 1. The zero-order valence-electron chi connectivity index (χ0n) is 6.21. The molecule has 0 radical (unpaired) electrons. The number of rotatable bonds is 3. The van der Waals surface area contributed by atoms with Crippen LogP contribution >= 0.6 is 11.3 Å². The average molecular weight is 366 g/mol. The summed E-state index contributed by atoms with van der Waals surface area (Å²) in [5, 5.41) is 0. The van der Waals surface area contributed by atoms with E-state index in [2.05, 4.69) is 0 Å². The molecule has 0 saturated carbocycles. The molecule has 0 aromatic carbocycles. The van der Waals surface area contributed by atoms with Crippen molar-refractivity contribution in [2.24, 2.45) is 11.5 Å². The van der Waals surface area contributed by atoms with Gasteiger partial charge in [-0.05, 0) is 10.9 Å². The summed E-state index contributed by atoms with van der Waals surface area (Å²) in [7, 11) is 0. The largest absolute Gasteiger partial charge is 1.00 e. The van der Waals surface area contributed by atoms with Gasteiger partial charge in [0.2, 0.25) is 0 Å². The third-order valence-corrected chi connectivity index (χ3v) is 2.35. The maximum atomic E-state index is 10.6. The van der Waals surface area contributed by atoms with E-state index in [4.69, 9.17) is 11.5 Å². The van der Waals surface area contributed by atoms with Crippen LogP contribution in [-0.4, -0.2) is 5.91 Å². The number of carbonyl (C=O) groups is 1. The summed E-state index contributed by atoms with van der Waals surface area (Å²) >= 11 is 1.38. The standard InChI is InChI=1S/C7H9N2OS.Au/c8-4-3-5-1-2-6(11-5)7(9)10;/h1-2,4H,3,8H2,(H2,9,10);/q-1;+1. The molecule has 0 fully saturated rings. The monoisotopic (exact) mass is 366 g/mol. The zero-order valence-corrected chi connectivity index (χ0v) is 9.19. The summed E-state index contributed by atoms with van der Waals surface area (Å²) < 4.78 is 0. The van der Waals surface area contributed by atoms with Crippen molar-refractivity contribution >= 4 is 17.2 Å². The predicted molar refractivity (Wildman–Crippen MR) is 45.0 cm³/mol. The van der Waals surface area contributed by atoms with E-state index in [1.54, 1.807) is 12.6 Å². The maximum absolute atomic E-state index is 10.6. The van der Waals surface area contributed by atoms with Crippen LogP contribution in [0.2, 0.25) is 0 Å². The van der Waals surface area contributed by atoms with Crippen LogP contribution in [0.3, 0.4) is 0 Å². The minimum Gasteiger partial charge on any atom is -0.483 e. The van der Waals surface area contributed by atoms with Gasteiger partial charge in [0.1, 0.15) is 0 Å². The topological polar surface area (TPSA) is 69.1 Å². The number of thiophene rings is 1. The molecule has 12 heavy (non-hydrogen) atoms. The summed E-state index contributed by atoms with van der Waals surface area (Å²) in [5.41, 5.74) is 10.3. The minimum atomic E-state index is -0.377. The van der Waals surface area contributed by atoms with Gasteiger partial charge >= 0.3 is 22.4 Å². The zero-order chi connectivity index (χ0) is 8.27. The second-order valence-corrected chi connectivity index (χ2v) is 3.24. The molecule has 1 heterocycles. The maximum Gasteiger partial charge on any atom is 1.00 e. The van der Waals surface area contributed by atoms with Crippen molar-refractivity contribution in [3.8, 4) is 0 Å². The Morgan fingerprint density at radius 1 is 1.58 bits per heavy atom. The summed E-state index contributed by atoms with van der Waals surface area (Å²) in [5.74, 6) is -0.377. The smallest absolute Gasteiger partial charge is 0.483 e. The van der Waals surface area contributed by atoms with Gasteiger partial charge in [0.05, 0.1) is 4.88 Å². The first kappa shape index (κ1) is 11.9. The molecule has 70 valence electrons. The van der Waals surface area contributed by atoms with E-state index in [1.165, 1.54) is 11.3 Å². The Balaban J connectivity index is 0.00000121. The summed E-state index contributed by atoms with van der Waals surface area (Å²) in [6, 6.07) is 3.57. The minimum absolute atomic E-state index is 0. The molecule has 0 atom stereocenters. The third-order valence-electron chi connectivity index (χ3n) is 1.22. The van der Waals surface area contributed by atoms with Gasteiger partial charge in [-0.1, -0.05) is 6.07 Å². The predicted octanol–water partition coefficient (Wildman–Crippen LogP) is 0.507. The molecule has 0 unspecified atom stereocenters. The van der Waals surface area contributed by atoms with Crippen LogP contribution in [0.5, 0.6) is 0 Å². The van der Waals surface area contributed by atoms with E-state index in [1.807, 2.05) is 6.07 Å². The van der Waals surface area contributed by atoms with Gasteiger partial charge in [0.15, 0.2) is 0 Å². The number of amides is 1. The van der Waals surface area contributed by atoms with E-state index in [9.17, 15) is 4.79 Å². The Labute approximate surface area is 90.6 Å². The molecular weight excluding hydrogens is 357 g/mol. The van der Waals surface area contributed by atoms with Gasteiger partial charge in [0, 0.05) is 0 Å². The van der Waals surface area contributed by atoms with Gasteiger partial charge in [0.25, 0.3) is 5.91 Å². The van der Waals surface area contributed by atoms with Crippen LogP contribution in [0.25, 0.3) is 0 Å². The Hall–Kier alpha value is -0.130. The molecule has 4 N–H and O–H groups in total. The van der Waals surface area contributed by atoms with E-state index < -0.39 is 0 Å². The van der Waals surface area contributed by atoms with Crippen molar-refractivity contribution in [2.45, 2.75) is 6.42 Å². The summed E-state index contributed by atoms with van der Waals surface area (Å²) in [6.07, 6.45) is 0.692. The van der Waals surface area contributed by atoms with Crippen LogP contribution < -0.4 is 11.5 Å². The van der Waals surface area contributed by atoms with Crippen LogP contribution in [0.15, 0.2) is 12.1 Å². The first-order chi connectivity index (χ1) is 5.24. The quantitative estimate of drug-likeness (QED) is 0.605. The summed E-state index contributed by atoms with van der Waals surface area (Å²) in [6.45, 7) is 1.55. The average Bonchev–Trinajstić information content (AvgIpc) is 2.37. The fraction of sp³-hybridized carbons (Fsp3) is 0.143. The number of hydrogen-bond acceptors (Lipinski definition) is 3. The number of nitrogens with two attached hydrogens (primary N) is 2. The van der Waals surface area contributed by atoms with Crippen molar-refractivity contribution in [1.82, 2.24) is 0 Å².